The van der Waals surface area contributed by atoms with Crippen LogP contribution < -0.4 is 0 Å². The molecule has 0 fully saturated rings. The zero-order valence-corrected chi connectivity index (χ0v) is 40.2. The zero-order chi connectivity index (χ0) is 39.4. The van der Waals surface area contributed by atoms with Gasteiger partial charge in [0, 0.05) is 5.41 Å². The number of hydrogen-bond donors (Lipinski definition) is 0. The molecular weight excluding hydrogens is 807 g/mol. The minimum Gasteiger partial charge on any atom is -0.465 e. The molecule has 0 N–H and O–H groups in total. The van der Waals surface area contributed by atoms with Crippen molar-refractivity contribution in [2.45, 2.75) is 171 Å². The highest BCUT2D eigenvalue weighted by Gasteiger charge is 2.41. The van der Waals surface area contributed by atoms with Gasteiger partial charge in [0.2, 0.25) is 0 Å². The summed E-state index contributed by atoms with van der Waals surface area (Å²) in [5.41, 5.74) is 3.57. The molecule has 0 radical (unpaired) electrons. The Hall–Kier alpha value is -1.35. The van der Waals surface area contributed by atoms with Gasteiger partial charge in [0.25, 0.3) is 0 Å². The van der Waals surface area contributed by atoms with Crippen molar-refractivity contribution in [2.75, 3.05) is 6.61 Å². The van der Waals surface area contributed by atoms with Gasteiger partial charge in [0.05, 0.1) is 12.5 Å². The van der Waals surface area contributed by atoms with Crippen molar-refractivity contribution in [2.24, 2.45) is 5.92 Å². The molecule has 10 heteroatoms. The quantitative estimate of drug-likeness (QED) is 0.0411. The predicted molar refractivity (Wildman–Crippen MR) is 271 cm³/mol. The Morgan fingerprint density at radius 1 is 0.684 bits per heavy atom. The predicted octanol–water partition coefficient (Wildman–Crippen LogP) is 16.4. The van der Waals surface area contributed by atoms with Crippen LogP contribution in [0.15, 0.2) is 91.0 Å². The van der Waals surface area contributed by atoms with E-state index in [-0.39, 0.29) is 47.0 Å². The fraction of sp³-hybridized carbons (Fsp3) is 0.596. The van der Waals surface area contributed by atoms with Crippen molar-refractivity contribution in [1.29, 1.82) is 0 Å². The summed E-state index contributed by atoms with van der Waals surface area (Å²) < 4.78 is 19.6. The average Bonchev–Trinajstić information content (AvgIpc) is 3.12. The maximum atomic E-state index is 13.8. The number of hydrogen-bond acceptors (Lipinski definition) is 5. The van der Waals surface area contributed by atoms with Gasteiger partial charge < -0.3 is 13.0 Å². The first-order chi connectivity index (χ1) is 25.1. The Morgan fingerprint density at radius 3 is 1.54 bits per heavy atom. The van der Waals surface area contributed by atoms with Crippen LogP contribution in [-0.4, -0.2) is 37.8 Å². The third-order valence-corrected chi connectivity index (χ3v) is 21.5. The molecule has 0 saturated heterocycles. The van der Waals surface area contributed by atoms with E-state index >= 15 is 0 Å². The van der Waals surface area contributed by atoms with Crippen molar-refractivity contribution in [3.8, 4) is 0 Å². The highest BCUT2D eigenvalue weighted by molar-refractivity contribution is 8.24. The SMILES string of the molecule is C.C.C.C.CCCCCC(CC(CC(C)C(=O)OCCC[Si](C)(C)O[Si](C)(C)O[Si](C)(C)CCCC)(c1ccccc1)c1ccccc1)c1ccccc1.PP=S. The second-order valence-corrected chi connectivity index (χ2v) is 31.5. The molecule has 3 aromatic rings. The van der Waals surface area contributed by atoms with E-state index in [9.17, 15) is 4.79 Å². The molecule has 0 amide bonds. The van der Waals surface area contributed by atoms with Crippen molar-refractivity contribution in [1.82, 2.24) is 0 Å². The van der Waals surface area contributed by atoms with Gasteiger partial charge >= 0.3 is 14.5 Å². The molecule has 0 heterocycles. The molecule has 0 spiro atoms. The van der Waals surface area contributed by atoms with Crippen LogP contribution in [0.25, 0.3) is 0 Å². The lowest BCUT2D eigenvalue weighted by atomic mass is 9.63. The molecular formula is C47H86O4P2SSi3. The summed E-state index contributed by atoms with van der Waals surface area (Å²) in [7, 11) is -2.70. The van der Waals surface area contributed by atoms with Crippen molar-refractivity contribution < 1.29 is 17.8 Å². The summed E-state index contributed by atoms with van der Waals surface area (Å²) in [5.74, 6) is -0.000131. The van der Waals surface area contributed by atoms with E-state index in [1.165, 1.54) is 54.8 Å². The van der Waals surface area contributed by atoms with Gasteiger partial charge in [-0.1, -0.05) is 194 Å². The van der Waals surface area contributed by atoms with E-state index in [1.54, 1.807) is 0 Å². The average molecular weight is 893 g/mol. The molecule has 4 nitrogen and oxygen atoms in total. The topological polar surface area (TPSA) is 44.8 Å². The summed E-state index contributed by atoms with van der Waals surface area (Å²) in [4.78, 5) is 13.8. The zero-order valence-electron chi connectivity index (χ0n) is 34.4. The monoisotopic (exact) mass is 893 g/mol. The van der Waals surface area contributed by atoms with Crippen LogP contribution in [0.4, 0.5) is 0 Å². The number of benzene rings is 3. The van der Waals surface area contributed by atoms with Crippen LogP contribution in [0.3, 0.4) is 0 Å². The van der Waals surface area contributed by atoms with Crippen LogP contribution in [-0.2, 0) is 35.0 Å². The van der Waals surface area contributed by atoms with Gasteiger partial charge in [-0.25, -0.2) is 0 Å². The minimum atomic E-state index is -2.25. The number of rotatable bonds is 23. The van der Waals surface area contributed by atoms with Crippen molar-refractivity contribution in [3.05, 3.63) is 108 Å². The summed E-state index contributed by atoms with van der Waals surface area (Å²) in [5, 5.41) is 0. The Labute approximate surface area is 365 Å². The van der Waals surface area contributed by atoms with Crippen LogP contribution in [0.1, 0.15) is 131 Å². The first-order valence-electron chi connectivity index (χ1n) is 19.9. The summed E-state index contributed by atoms with van der Waals surface area (Å²) in [6.45, 7) is 20.7. The van der Waals surface area contributed by atoms with E-state index in [0.717, 1.165) is 32.4 Å². The van der Waals surface area contributed by atoms with Crippen LogP contribution in [0.2, 0.25) is 51.4 Å². The lowest BCUT2D eigenvalue weighted by Gasteiger charge is -2.40. The maximum Gasteiger partial charge on any atom is 0.311 e. The maximum absolute atomic E-state index is 13.8. The van der Waals surface area contributed by atoms with Gasteiger partial charge in [-0.2, -0.15) is 0 Å². The molecule has 0 bridgehead atoms. The van der Waals surface area contributed by atoms with Gasteiger partial charge in [0.1, 0.15) is 0 Å². The van der Waals surface area contributed by atoms with E-state index in [4.69, 9.17) is 13.0 Å². The molecule has 0 aliphatic rings. The molecule has 3 unspecified atom stereocenters. The van der Waals surface area contributed by atoms with Crippen LogP contribution in [0, 0.1) is 5.92 Å². The number of carbonyl (C=O) groups excluding carboxylic acids is 1. The molecule has 0 saturated carbocycles. The highest BCUT2D eigenvalue weighted by Crippen LogP contribution is 2.47. The number of ether oxygens (including phenoxy) is 1. The summed E-state index contributed by atoms with van der Waals surface area (Å²) in [6.07, 6.45) is 9.61. The normalized spacial score (nSPS) is 12.6. The Balaban J connectivity index is -0.00000403. The fourth-order valence-electron chi connectivity index (χ4n) is 7.88. The Morgan fingerprint density at radius 2 is 1.11 bits per heavy atom. The lowest BCUT2D eigenvalue weighted by Crippen LogP contribution is -2.52. The lowest BCUT2D eigenvalue weighted by molar-refractivity contribution is -0.148. The standard InChI is InChI=1S/C43H68O4Si3.4CH4.H2P2S/c1-10-12-17-27-39(38-25-18-14-19-26-38)36-43(40-28-20-15-21-29-40,41-30-22-16-23-31-41)35-37(3)42(44)45-32-24-34-49(6,7)47-50(8,9)46-48(4,5)33-13-11-2;;;;;1-2-3/h14-16,18-23,25-26,28-31,37,39H,10-13,17,24,27,32-36H2,1-9H3;4*1H4;1H2. The molecule has 3 rings (SSSR count). The number of esters is 1. The Kier molecular flexibility index (Phi) is 32.2. The van der Waals surface area contributed by atoms with Crippen molar-refractivity contribution >= 4 is 58.9 Å². The first-order valence-corrected chi connectivity index (χ1v) is 32.5. The van der Waals surface area contributed by atoms with Gasteiger partial charge in [-0.3, -0.25) is 4.79 Å². The number of carbonyl (C=O) groups is 1. The summed E-state index contributed by atoms with van der Waals surface area (Å²) >= 11 is 4.33. The molecule has 57 heavy (non-hydrogen) atoms. The van der Waals surface area contributed by atoms with Crippen molar-refractivity contribution in [3.63, 3.8) is 0 Å². The highest BCUT2D eigenvalue weighted by atomic mass is 32.6. The molecule has 0 aliphatic heterocycles. The molecule has 3 atom stereocenters. The fourth-order valence-corrected chi connectivity index (χ4v) is 22.1. The van der Waals surface area contributed by atoms with Gasteiger partial charge in [-0.05, 0) is 107 Å². The third kappa shape index (κ3) is 22.2. The second kappa shape index (κ2) is 30.6. The van der Waals surface area contributed by atoms with E-state index in [2.05, 4.69) is 172 Å². The smallest absolute Gasteiger partial charge is 0.311 e. The molecule has 3 aromatic carbocycles. The van der Waals surface area contributed by atoms with Gasteiger partial charge in [-0.15, -0.1) is 0 Å². The Bertz CT molecular complexity index is 1410. The van der Waals surface area contributed by atoms with Crippen LogP contribution in [0.5, 0.6) is 0 Å². The van der Waals surface area contributed by atoms with E-state index in [1.807, 2.05) is 0 Å². The van der Waals surface area contributed by atoms with E-state index < -0.39 is 25.2 Å². The first kappa shape index (κ1) is 60.0. The van der Waals surface area contributed by atoms with Gasteiger partial charge in [0.15, 0.2) is 16.6 Å². The molecule has 0 aliphatic carbocycles. The minimum absolute atomic E-state index is 0. The third-order valence-electron chi connectivity index (χ3n) is 10.1. The molecule has 0 aromatic heterocycles. The van der Waals surface area contributed by atoms with E-state index in [0.29, 0.717) is 18.9 Å². The second-order valence-electron chi connectivity index (χ2n) is 16.3. The number of unbranched alkanes of at least 4 members (excludes halogenated alkanes) is 3. The largest absolute Gasteiger partial charge is 0.465 e. The van der Waals surface area contributed by atoms with Crippen LogP contribution >= 0.6 is 16.0 Å². The summed E-state index contributed by atoms with van der Waals surface area (Å²) in [6, 6.07) is 34.9. The molecule has 326 valence electrons.